The fourth-order valence-electron chi connectivity index (χ4n) is 1.89. The standard InChI is InChI=1S/C13H18ClNO2/c1-9-5-12(3-4-13(9)14)17-8-11-7-16-6-10(2)15-11/h3-5,10-11,15H,6-8H2,1-2H3. The molecule has 1 saturated heterocycles. The predicted octanol–water partition coefficient (Wildman–Crippen LogP) is 2.40. The molecule has 1 fully saturated rings. The fourth-order valence-corrected chi connectivity index (χ4v) is 2.00. The summed E-state index contributed by atoms with van der Waals surface area (Å²) in [5.41, 5.74) is 1.03. The lowest BCUT2D eigenvalue weighted by atomic mass is 10.2. The zero-order valence-corrected chi connectivity index (χ0v) is 11.0. The molecule has 0 amide bonds. The molecule has 0 aromatic heterocycles. The Kier molecular flexibility index (Phi) is 4.26. The van der Waals surface area contributed by atoms with E-state index in [1.165, 1.54) is 0 Å². The zero-order chi connectivity index (χ0) is 12.3. The second-order valence-corrected chi connectivity index (χ2v) is 4.93. The normalized spacial score (nSPS) is 24.6. The van der Waals surface area contributed by atoms with Crippen LogP contribution >= 0.6 is 11.6 Å². The summed E-state index contributed by atoms with van der Waals surface area (Å²) in [4.78, 5) is 0. The second kappa shape index (κ2) is 5.71. The summed E-state index contributed by atoms with van der Waals surface area (Å²) >= 11 is 5.96. The van der Waals surface area contributed by atoms with Crippen molar-refractivity contribution < 1.29 is 9.47 Å². The van der Waals surface area contributed by atoms with Gasteiger partial charge in [-0.3, -0.25) is 0 Å². The van der Waals surface area contributed by atoms with Crippen LogP contribution in [0.2, 0.25) is 5.02 Å². The zero-order valence-electron chi connectivity index (χ0n) is 10.2. The Morgan fingerprint density at radius 1 is 1.47 bits per heavy atom. The molecule has 3 nitrogen and oxygen atoms in total. The Morgan fingerprint density at radius 3 is 3.00 bits per heavy atom. The van der Waals surface area contributed by atoms with Gasteiger partial charge in [-0.1, -0.05) is 11.6 Å². The summed E-state index contributed by atoms with van der Waals surface area (Å²) in [7, 11) is 0. The molecule has 94 valence electrons. The van der Waals surface area contributed by atoms with Crippen LogP contribution in [0.5, 0.6) is 5.75 Å². The van der Waals surface area contributed by atoms with Crippen molar-refractivity contribution in [2.24, 2.45) is 0 Å². The Balaban J connectivity index is 1.86. The first-order chi connectivity index (χ1) is 8.15. The third-order valence-corrected chi connectivity index (χ3v) is 3.21. The second-order valence-electron chi connectivity index (χ2n) is 4.52. The van der Waals surface area contributed by atoms with Crippen molar-refractivity contribution in [2.45, 2.75) is 25.9 Å². The van der Waals surface area contributed by atoms with Crippen LogP contribution in [-0.2, 0) is 4.74 Å². The maximum absolute atomic E-state index is 5.96. The molecule has 0 radical (unpaired) electrons. The number of ether oxygens (including phenoxy) is 2. The van der Waals surface area contributed by atoms with Crippen LogP contribution in [0.3, 0.4) is 0 Å². The van der Waals surface area contributed by atoms with Crippen LogP contribution in [0.15, 0.2) is 18.2 Å². The summed E-state index contributed by atoms with van der Waals surface area (Å²) in [6, 6.07) is 6.36. The number of morpholine rings is 1. The Hall–Kier alpha value is -0.770. The van der Waals surface area contributed by atoms with Crippen LogP contribution in [0.1, 0.15) is 12.5 Å². The quantitative estimate of drug-likeness (QED) is 0.900. The van der Waals surface area contributed by atoms with Gasteiger partial charge in [0.05, 0.1) is 19.3 Å². The van der Waals surface area contributed by atoms with Gasteiger partial charge in [0.2, 0.25) is 0 Å². The molecule has 0 spiro atoms. The average molecular weight is 256 g/mol. The molecule has 1 aromatic rings. The lowest BCUT2D eigenvalue weighted by molar-refractivity contribution is 0.0353. The molecule has 1 heterocycles. The van der Waals surface area contributed by atoms with Gasteiger partial charge < -0.3 is 14.8 Å². The van der Waals surface area contributed by atoms with E-state index in [-0.39, 0.29) is 6.04 Å². The monoisotopic (exact) mass is 255 g/mol. The smallest absolute Gasteiger partial charge is 0.119 e. The minimum Gasteiger partial charge on any atom is -0.492 e. The van der Waals surface area contributed by atoms with Crippen LogP contribution in [0.25, 0.3) is 0 Å². The number of hydrogen-bond donors (Lipinski definition) is 1. The number of benzene rings is 1. The maximum Gasteiger partial charge on any atom is 0.119 e. The van der Waals surface area contributed by atoms with E-state index >= 15 is 0 Å². The van der Waals surface area contributed by atoms with E-state index in [0.717, 1.165) is 22.9 Å². The van der Waals surface area contributed by atoms with Gasteiger partial charge in [-0.2, -0.15) is 0 Å². The van der Waals surface area contributed by atoms with E-state index in [4.69, 9.17) is 21.1 Å². The molecule has 2 unspecified atom stereocenters. The van der Waals surface area contributed by atoms with Gasteiger partial charge in [0, 0.05) is 11.1 Å². The summed E-state index contributed by atoms with van der Waals surface area (Å²) < 4.78 is 11.2. The number of rotatable bonds is 3. The third kappa shape index (κ3) is 3.60. The predicted molar refractivity (Wildman–Crippen MR) is 68.9 cm³/mol. The number of aryl methyl sites for hydroxylation is 1. The molecule has 1 aromatic carbocycles. The summed E-state index contributed by atoms with van der Waals surface area (Å²) in [5.74, 6) is 0.854. The fraction of sp³-hybridized carbons (Fsp3) is 0.538. The number of halogens is 1. The highest BCUT2D eigenvalue weighted by atomic mass is 35.5. The first-order valence-electron chi connectivity index (χ1n) is 5.88. The van der Waals surface area contributed by atoms with Crippen molar-refractivity contribution in [2.75, 3.05) is 19.8 Å². The molecule has 0 saturated carbocycles. The molecule has 0 aliphatic carbocycles. The molecule has 17 heavy (non-hydrogen) atoms. The van der Waals surface area contributed by atoms with Crippen molar-refractivity contribution in [3.8, 4) is 5.75 Å². The minimum atomic E-state index is 0.259. The van der Waals surface area contributed by atoms with E-state index in [2.05, 4.69) is 12.2 Å². The van der Waals surface area contributed by atoms with Gasteiger partial charge in [-0.05, 0) is 37.6 Å². The third-order valence-electron chi connectivity index (χ3n) is 2.79. The molecular formula is C13H18ClNO2. The van der Waals surface area contributed by atoms with Gasteiger partial charge in [0.25, 0.3) is 0 Å². The molecule has 2 rings (SSSR count). The lowest BCUT2D eigenvalue weighted by Crippen LogP contribution is -2.50. The van der Waals surface area contributed by atoms with E-state index in [1.807, 2.05) is 25.1 Å². The van der Waals surface area contributed by atoms with E-state index in [0.29, 0.717) is 19.3 Å². The largest absolute Gasteiger partial charge is 0.492 e. The molecule has 1 N–H and O–H groups in total. The van der Waals surface area contributed by atoms with Crippen molar-refractivity contribution in [3.05, 3.63) is 28.8 Å². The van der Waals surface area contributed by atoms with E-state index < -0.39 is 0 Å². The molecule has 1 aliphatic rings. The van der Waals surface area contributed by atoms with Gasteiger partial charge in [0.1, 0.15) is 12.4 Å². The van der Waals surface area contributed by atoms with Gasteiger partial charge >= 0.3 is 0 Å². The number of nitrogens with one attached hydrogen (secondary N) is 1. The van der Waals surface area contributed by atoms with Crippen LogP contribution in [-0.4, -0.2) is 31.9 Å². The van der Waals surface area contributed by atoms with E-state index in [9.17, 15) is 0 Å². The van der Waals surface area contributed by atoms with Crippen molar-refractivity contribution in [1.29, 1.82) is 0 Å². The van der Waals surface area contributed by atoms with Crippen LogP contribution in [0.4, 0.5) is 0 Å². The van der Waals surface area contributed by atoms with Gasteiger partial charge in [-0.25, -0.2) is 0 Å². The van der Waals surface area contributed by atoms with Gasteiger partial charge in [0.15, 0.2) is 0 Å². The summed E-state index contributed by atoms with van der Waals surface area (Å²) in [5, 5.41) is 4.21. The lowest BCUT2D eigenvalue weighted by Gasteiger charge is -2.28. The van der Waals surface area contributed by atoms with Crippen LogP contribution in [0, 0.1) is 6.92 Å². The van der Waals surface area contributed by atoms with E-state index in [1.54, 1.807) is 0 Å². The molecule has 1 aliphatic heterocycles. The maximum atomic E-state index is 5.96. The Morgan fingerprint density at radius 2 is 2.29 bits per heavy atom. The SMILES string of the molecule is Cc1cc(OCC2COCC(C)N2)ccc1Cl. The highest BCUT2D eigenvalue weighted by Gasteiger charge is 2.18. The Bertz CT molecular complexity index is 384. The topological polar surface area (TPSA) is 30.5 Å². The summed E-state index contributed by atoms with van der Waals surface area (Å²) in [6.07, 6.45) is 0. The molecular weight excluding hydrogens is 238 g/mol. The van der Waals surface area contributed by atoms with Crippen molar-refractivity contribution in [3.63, 3.8) is 0 Å². The Labute approximate surface area is 107 Å². The number of hydrogen-bond acceptors (Lipinski definition) is 3. The minimum absolute atomic E-state index is 0.259. The van der Waals surface area contributed by atoms with Crippen molar-refractivity contribution in [1.82, 2.24) is 5.32 Å². The molecule has 2 atom stereocenters. The first kappa shape index (κ1) is 12.7. The first-order valence-corrected chi connectivity index (χ1v) is 6.25. The molecule has 0 bridgehead atoms. The highest BCUT2D eigenvalue weighted by Crippen LogP contribution is 2.21. The molecule has 4 heteroatoms. The van der Waals surface area contributed by atoms with Gasteiger partial charge in [-0.15, -0.1) is 0 Å². The van der Waals surface area contributed by atoms with Crippen LogP contribution < -0.4 is 10.1 Å². The van der Waals surface area contributed by atoms with Crippen molar-refractivity contribution >= 4 is 11.6 Å². The summed E-state index contributed by atoms with van der Waals surface area (Å²) in [6.45, 7) is 6.18. The average Bonchev–Trinajstić information content (AvgIpc) is 2.31. The highest BCUT2D eigenvalue weighted by molar-refractivity contribution is 6.31.